The zero-order valence-electron chi connectivity index (χ0n) is 14.2. The Bertz CT molecular complexity index is 709. The van der Waals surface area contributed by atoms with E-state index in [1.54, 1.807) is 12.1 Å². The van der Waals surface area contributed by atoms with Gasteiger partial charge in [0.2, 0.25) is 0 Å². The fourth-order valence-electron chi connectivity index (χ4n) is 2.64. The van der Waals surface area contributed by atoms with E-state index < -0.39 is 6.16 Å². The van der Waals surface area contributed by atoms with Gasteiger partial charge in [-0.25, -0.2) is 9.59 Å². The molecule has 0 unspecified atom stereocenters. The Kier molecular flexibility index (Phi) is 7.01. The molecule has 0 amide bonds. The zero-order chi connectivity index (χ0) is 18.1. The SMILES string of the molecule is CCc1cccc(CCCCOC(=O)O)c1C(=O)Oc1ccccc1. The molecule has 0 atom stereocenters. The molecule has 0 saturated carbocycles. The summed E-state index contributed by atoms with van der Waals surface area (Å²) in [5.41, 5.74) is 2.46. The molecule has 2 aromatic carbocycles. The lowest BCUT2D eigenvalue weighted by Gasteiger charge is -2.13. The highest BCUT2D eigenvalue weighted by atomic mass is 16.7. The normalized spacial score (nSPS) is 10.3. The van der Waals surface area contributed by atoms with Gasteiger partial charge in [0.1, 0.15) is 5.75 Å². The van der Waals surface area contributed by atoms with Gasteiger partial charge in [-0.3, -0.25) is 0 Å². The van der Waals surface area contributed by atoms with Gasteiger partial charge < -0.3 is 14.6 Å². The molecule has 25 heavy (non-hydrogen) atoms. The highest BCUT2D eigenvalue weighted by Crippen LogP contribution is 2.21. The van der Waals surface area contributed by atoms with Gasteiger partial charge in [-0.05, 0) is 48.9 Å². The molecule has 0 spiro atoms. The van der Waals surface area contributed by atoms with Gasteiger partial charge in [0.25, 0.3) is 0 Å². The molecule has 132 valence electrons. The van der Waals surface area contributed by atoms with Gasteiger partial charge >= 0.3 is 12.1 Å². The van der Waals surface area contributed by atoms with Crippen molar-refractivity contribution in [3.63, 3.8) is 0 Å². The third kappa shape index (κ3) is 5.64. The predicted octanol–water partition coefficient (Wildman–Crippen LogP) is 4.49. The maximum Gasteiger partial charge on any atom is 0.505 e. The first-order chi connectivity index (χ1) is 12.1. The average Bonchev–Trinajstić information content (AvgIpc) is 2.61. The third-order valence-electron chi connectivity index (χ3n) is 3.84. The maximum absolute atomic E-state index is 12.7. The molecule has 0 aliphatic carbocycles. The topological polar surface area (TPSA) is 72.8 Å². The number of unbranched alkanes of at least 4 members (excludes halogenated alkanes) is 1. The number of para-hydroxylation sites is 1. The zero-order valence-corrected chi connectivity index (χ0v) is 14.2. The summed E-state index contributed by atoms with van der Waals surface area (Å²) in [6, 6.07) is 14.8. The molecule has 0 bridgehead atoms. The van der Waals surface area contributed by atoms with Crippen molar-refractivity contribution in [3.8, 4) is 5.75 Å². The van der Waals surface area contributed by atoms with Crippen LogP contribution in [0.25, 0.3) is 0 Å². The number of carboxylic acid groups (broad SMARTS) is 1. The van der Waals surface area contributed by atoms with Gasteiger partial charge in [0.05, 0.1) is 12.2 Å². The summed E-state index contributed by atoms with van der Waals surface area (Å²) in [5.74, 6) is 0.152. The number of carbonyl (C=O) groups excluding carboxylic acids is 1. The fourth-order valence-corrected chi connectivity index (χ4v) is 2.64. The number of benzene rings is 2. The highest BCUT2D eigenvalue weighted by Gasteiger charge is 2.17. The molecular formula is C20H22O5. The number of rotatable bonds is 8. The average molecular weight is 342 g/mol. The van der Waals surface area contributed by atoms with E-state index in [2.05, 4.69) is 4.74 Å². The number of esters is 1. The van der Waals surface area contributed by atoms with E-state index in [1.165, 1.54) is 0 Å². The second kappa shape index (κ2) is 9.47. The summed E-state index contributed by atoms with van der Waals surface area (Å²) in [6.45, 7) is 2.16. The second-order valence-electron chi connectivity index (χ2n) is 5.58. The van der Waals surface area contributed by atoms with E-state index in [-0.39, 0.29) is 12.6 Å². The summed E-state index contributed by atoms with van der Waals surface area (Å²) < 4.78 is 10.0. The van der Waals surface area contributed by atoms with Crippen molar-refractivity contribution in [1.29, 1.82) is 0 Å². The van der Waals surface area contributed by atoms with E-state index >= 15 is 0 Å². The van der Waals surface area contributed by atoms with Crippen molar-refractivity contribution >= 4 is 12.1 Å². The molecule has 0 aromatic heterocycles. The van der Waals surface area contributed by atoms with Gasteiger partial charge in [-0.1, -0.05) is 43.3 Å². The van der Waals surface area contributed by atoms with Crippen molar-refractivity contribution in [1.82, 2.24) is 0 Å². The van der Waals surface area contributed by atoms with Crippen LogP contribution in [0.2, 0.25) is 0 Å². The molecule has 2 rings (SSSR count). The van der Waals surface area contributed by atoms with E-state index in [4.69, 9.17) is 9.84 Å². The summed E-state index contributed by atoms with van der Waals surface area (Å²) in [5, 5.41) is 8.47. The molecule has 5 heteroatoms. The van der Waals surface area contributed by atoms with Crippen molar-refractivity contribution in [2.24, 2.45) is 0 Å². The molecule has 0 heterocycles. The Morgan fingerprint density at radius 3 is 2.36 bits per heavy atom. The summed E-state index contributed by atoms with van der Waals surface area (Å²) in [7, 11) is 0. The number of aryl methyl sites for hydroxylation is 2. The van der Waals surface area contributed by atoms with Gasteiger partial charge in [-0.2, -0.15) is 0 Å². The molecule has 0 aliphatic rings. The van der Waals surface area contributed by atoms with Crippen LogP contribution in [-0.2, 0) is 17.6 Å². The molecule has 5 nitrogen and oxygen atoms in total. The first-order valence-electron chi connectivity index (χ1n) is 8.35. The quantitative estimate of drug-likeness (QED) is 0.435. The van der Waals surface area contributed by atoms with E-state index in [9.17, 15) is 9.59 Å². The van der Waals surface area contributed by atoms with Crippen molar-refractivity contribution in [2.75, 3.05) is 6.61 Å². The first kappa shape index (κ1) is 18.5. The van der Waals surface area contributed by atoms with Crippen LogP contribution in [0.3, 0.4) is 0 Å². The Morgan fingerprint density at radius 1 is 0.960 bits per heavy atom. The second-order valence-corrected chi connectivity index (χ2v) is 5.58. The number of hydrogen-bond donors (Lipinski definition) is 1. The minimum absolute atomic E-state index is 0.159. The van der Waals surface area contributed by atoms with Crippen LogP contribution < -0.4 is 4.74 Å². The molecular weight excluding hydrogens is 320 g/mol. The summed E-state index contributed by atoms with van der Waals surface area (Å²) in [6.07, 6.45) is 1.47. The standard InChI is InChI=1S/C20H22O5/c1-2-15-10-8-11-16(9-6-7-14-24-20(22)23)18(15)19(21)25-17-12-4-3-5-13-17/h3-5,8,10-13H,2,6-7,9,14H2,1H3,(H,22,23). The minimum atomic E-state index is -1.26. The number of ether oxygens (including phenoxy) is 2. The fraction of sp³-hybridized carbons (Fsp3) is 0.300. The van der Waals surface area contributed by atoms with Crippen LogP contribution in [0.5, 0.6) is 5.75 Å². The molecule has 2 aromatic rings. The Labute approximate surface area is 147 Å². The lowest BCUT2D eigenvalue weighted by molar-refractivity contribution is 0.0732. The molecule has 1 N–H and O–H groups in total. The van der Waals surface area contributed by atoms with Crippen LogP contribution in [0, 0.1) is 0 Å². The predicted molar refractivity (Wildman–Crippen MR) is 94.1 cm³/mol. The van der Waals surface area contributed by atoms with Crippen molar-refractivity contribution < 1.29 is 24.2 Å². The minimum Gasteiger partial charge on any atom is -0.450 e. The summed E-state index contributed by atoms with van der Waals surface area (Å²) in [4.78, 5) is 23.0. The maximum atomic E-state index is 12.7. The third-order valence-corrected chi connectivity index (χ3v) is 3.84. The van der Waals surface area contributed by atoms with E-state index in [1.807, 2.05) is 43.3 Å². The van der Waals surface area contributed by atoms with Crippen LogP contribution in [0.15, 0.2) is 48.5 Å². The molecule has 0 saturated heterocycles. The highest BCUT2D eigenvalue weighted by molar-refractivity contribution is 5.94. The van der Waals surface area contributed by atoms with Crippen LogP contribution >= 0.6 is 0 Å². The van der Waals surface area contributed by atoms with E-state index in [0.29, 0.717) is 24.2 Å². The Balaban J connectivity index is 2.09. The lowest BCUT2D eigenvalue weighted by Crippen LogP contribution is -2.14. The molecule has 0 aliphatic heterocycles. The van der Waals surface area contributed by atoms with Crippen LogP contribution in [-0.4, -0.2) is 23.8 Å². The Morgan fingerprint density at radius 2 is 1.68 bits per heavy atom. The monoisotopic (exact) mass is 342 g/mol. The van der Waals surface area contributed by atoms with Gasteiger partial charge in [-0.15, -0.1) is 0 Å². The van der Waals surface area contributed by atoms with Gasteiger partial charge in [0, 0.05) is 0 Å². The number of carbonyl (C=O) groups is 2. The van der Waals surface area contributed by atoms with Crippen LogP contribution in [0.4, 0.5) is 4.79 Å². The smallest absolute Gasteiger partial charge is 0.450 e. The van der Waals surface area contributed by atoms with E-state index in [0.717, 1.165) is 24.0 Å². The van der Waals surface area contributed by atoms with Crippen molar-refractivity contribution in [3.05, 3.63) is 65.2 Å². The Hall–Kier alpha value is -2.82. The first-order valence-corrected chi connectivity index (χ1v) is 8.35. The van der Waals surface area contributed by atoms with Crippen LogP contribution in [0.1, 0.15) is 41.3 Å². The molecule has 0 radical (unpaired) electrons. The number of hydrogen-bond acceptors (Lipinski definition) is 4. The van der Waals surface area contributed by atoms with Crippen molar-refractivity contribution in [2.45, 2.75) is 32.6 Å². The van der Waals surface area contributed by atoms with Gasteiger partial charge in [0.15, 0.2) is 0 Å². The largest absolute Gasteiger partial charge is 0.505 e. The lowest BCUT2D eigenvalue weighted by atomic mass is 9.96. The summed E-state index contributed by atoms with van der Waals surface area (Å²) >= 11 is 0. The molecule has 0 fully saturated rings.